The summed E-state index contributed by atoms with van der Waals surface area (Å²) in [5.74, 6) is 0.881. The quantitative estimate of drug-likeness (QED) is 0.808. The second-order valence-corrected chi connectivity index (χ2v) is 11.4. The summed E-state index contributed by atoms with van der Waals surface area (Å²) in [7, 11) is -3.71. The highest BCUT2D eigenvalue weighted by atomic mass is 35.5. The zero-order valence-electron chi connectivity index (χ0n) is 16.7. The summed E-state index contributed by atoms with van der Waals surface area (Å²) < 4.78 is 27.4. The summed E-state index contributed by atoms with van der Waals surface area (Å²) in [5, 5.41) is 10.3. The minimum atomic E-state index is -3.71. The highest BCUT2D eigenvalue weighted by Crippen LogP contribution is 2.52. The molecule has 10 heteroatoms. The van der Waals surface area contributed by atoms with Crippen molar-refractivity contribution in [1.82, 2.24) is 18.9 Å². The number of nitrogens with zero attached hydrogens (tertiary/aromatic N) is 5. The monoisotopic (exact) mass is 426 g/mol. The van der Waals surface area contributed by atoms with Gasteiger partial charge in [-0.3, -0.25) is 0 Å². The lowest BCUT2D eigenvalue weighted by Gasteiger charge is -2.61. The van der Waals surface area contributed by atoms with E-state index < -0.39 is 10.2 Å². The fourth-order valence-corrected chi connectivity index (χ4v) is 6.02. The molecule has 2 N–H and O–H groups in total. The molecule has 1 aliphatic heterocycles. The highest BCUT2D eigenvalue weighted by molar-refractivity contribution is 7.86. The molecule has 2 aromatic rings. The van der Waals surface area contributed by atoms with Gasteiger partial charge in [-0.15, -0.1) is 0 Å². The smallest absolute Gasteiger partial charge is 0.277 e. The van der Waals surface area contributed by atoms with Crippen LogP contribution >= 0.6 is 11.6 Å². The van der Waals surface area contributed by atoms with Gasteiger partial charge in [-0.1, -0.05) is 32.4 Å². The summed E-state index contributed by atoms with van der Waals surface area (Å²) in [6.07, 6.45) is 3.19. The first-order valence-electron chi connectivity index (χ1n) is 9.42. The van der Waals surface area contributed by atoms with E-state index in [9.17, 15) is 8.42 Å². The Hall–Kier alpha value is -1.42. The van der Waals surface area contributed by atoms with Crippen molar-refractivity contribution in [3.05, 3.63) is 23.1 Å². The fraction of sp³-hybridized carbons (Fsp3) is 0.667. The van der Waals surface area contributed by atoms with Gasteiger partial charge in [0.25, 0.3) is 10.2 Å². The predicted octanol–water partition coefficient (Wildman–Crippen LogP) is 2.21. The number of hydrogen-bond acceptors (Lipinski definition) is 5. The lowest BCUT2D eigenvalue weighted by Crippen LogP contribution is -2.68. The summed E-state index contributed by atoms with van der Waals surface area (Å²) in [6.45, 7) is 10.2. The van der Waals surface area contributed by atoms with Crippen LogP contribution in [0.15, 0.2) is 12.4 Å². The molecular weight excluding hydrogens is 400 g/mol. The highest BCUT2D eigenvalue weighted by Gasteiger charge is 2.56. The maximum absolute atomic E-state index is 12.1. The molecule has 154 valence electrons. The van der Waals surface area contributed by atoms with E-state index in [4.69, 9.17) is 16.7 Å². The van der Waals surface area contributed by atoms with Crippen molar-refractivity contribution >= 4 is 33.1 Å². The Bertz CT molecular complexity index is 1010. The topological polar surface area (TPSA) is 96.8 Å². The average molecular weight is 427 g/mol. The van der Waals surface area contributed by atoms with Crippen LogP contribution in [0, 0.1) is 17.8 Å². The van der Waals surface area contributed by atoms with Crippen LogP contribution < -0.4 is 10.0 Å². The van der Waals surface area contributed by atoms with Gasteiger partial charge in [-0.25, -0.2) is 14.6 Å². The Labute approximate surface area is 170 Å². The average Bonchev–Trinajstić information content (AvgIpc) is 2.77. The van der Waals surface area contributed by atoms with Gasteiger partial charge >= 0.3 is 0 Å². The molecule has 28 heavy (non-hydrogen) atoms. The number of halogens is 1. The molecule has 2 aliphatic rings. The second-order valence-electron chi connectivity index (χ2n) is 9.56. The number of anilines is 1. The van der Waals surface area contributed by atoms with Crippen molar-refractivity contribution in [2.45, 2.75) is 46.6 Å². The number of aromatic nitrogens is 3. The van der Waals surface area contributed by atoms with E-state index in [1.54, 1.807) is 4.52 Å². The second kappa shape index (κ2) is 6.29. The zero-order chi connectivity index (χ0) is 20.5. The lowest BCUT2D eigenvalue weighted by atomic mass is 9.60. The molecule has 0 bridgehead atoms. The molecule has 2 aromatic heterocycles. The van der Waals surface area contributed by atoms with Crippen LogP contribution in [0.2, 0.25) is 5.15 Å². The molecule has 4 rings (SSSR count). The molecular formula is C18H27ClN6O2S. The molecule has 8 nitrogen and oxygen atoms in total. The third-order valence-electron chi connectivity index (χ3n) is 5.74. The molecule has 0 radical (unpaired) electrons. The first kappa shape index (κ1) is 19.9. The summed E-state index contributed by atoms with van der Waals surface area (Å²) in [4.78, 5) is 6.70. The van der Waals surface area contributed by atoms with Crippen LogP contribution in [0.1, 0.15) is 39.2 Å². The van der Waals surface area contributed by atoms with Gasteiger partial charge in [0.2, 0.25) is 0 Å². The molecule has 1 aliphatic carbocycles. The van der Waals surface area contributed by atoms with Crippen molar-refractivity contribution in [3.8, 4) is 0 Å². The third-order valence-corrected chi connectivity index (χ3v) is 7.09. The molecule has 0 amide bonds. The maximum atomic E-state index is 12.1. The molecule has 0 unspecified atom stereocenters. The predicted molar refractivity (Wildman–Crippen MR) is 110 cm³/mol. The minimum Gasteiger partial charge on any atom is -0.354 e. The van der Waals surface area contributed by atoms with Gasteiger partial charge in [-0.2, -0.15) is 17.8 Å². The number of aryl methyl sites for hydroxylation is 1. The first-order chi connectivity index (χ1) is 12.9. The summed E-state index contributed by atoms with van der Waals surface area (Å²) in [6, 6.07) is 1.87. The van der Waals surface area contributed by atoms with Crippen LogP contribution in [-0.4, -0.2) is 53.0 Å². The molecule has 0 aromatic carbocycles. The Morgan fingerprint density at radius 1 is 1.36 bits per heavy atom. The normalized spacial score (nSPS) is 20.0. The van der Waals surface area contributed by atoms with Gasteiger partial charge in [0.1, 0.15) is 17.0 Å². The van der Waals surface area contributed by atoms with Crippen LogP contribution in [-0.2, 0) is 10.2 Å². The lowest BCUT2D eigenvalue weighted by molar-refractivity contribution is 0.00509. The number of hydrogen-bond donors (Lipinski definition) is 1. The molecule has 2 fully saturated rings. The largest absolute Gasteiger partial charge is 0.354 e. The van der Waals surface area contributed by atoms with Crippen molar-refractivity contribution in [3.63, 3.8) is 0 Å². The van der Waals surface area contributed by atoms with Crippen molar-refractivity contribution in [2.24, 2.45) is 16.0 Å². The molecule has 1 saturated heterocycles. The number of rotatable bonds is 4. The Balaban J connectivity index is 1.47. The summed E-state index contributed by atoms with van der Waals surface area (Å²) in [5.41, 5.74) is 1.97. The molecule has 0 atom stereocenters. The molecule has 1 spiro atoms. The van der Waals surface area contributed by atoms with Gasteiger partial charge in [0.05, 0.1) is 0 Å². The van der Waals surface area contributed by atoms with E-state index >= 15 is 0 Å². The van der Waals surface area contributed by atoms with E-state index in [2.05, 4.69) is 15.0 Å². The van der Waals surface area contributed by atoms with Gasteiger partial charge in [0.15, 0.2) is 5.82 Å². The molecule has 3 heterocycles. The third kappa shape index (κ3) is 3.38. The van der Waals surface area contributed by atoms with E-state index in [1.807, 2.05) is 33.8 Å². The van der Waals surface area contributed by atoms with Crippen LogP contribution in [0.25, 0.3) is 5.52 Å². The fourth-order valence-electron chi connectivity index (χ4n) is 4.60. The van der Waals surface area contributed by atoms with E-state index in [1.165, 1.54) is 10.6 Å². The van der Waals surface area contributed by atoms with Gasteiger partial charge in [-0.05, 0) is 36.8 Å². The number of fused-ring (bicyclic) bond motifs is 1. The van der Waals surface area contributed by atoms with E-state index in [0.29, 0.717) is 11.7 Å². The van der Waals surface area contributed by atoms with Crippen molar-refractivity contribution in [2.75, 3.05) is 24.5 Å². The SMILES string of the molecule is Cc1cc(Cl)n2ncnc(N3CC4(CC(N(CC(C)(C)C)S(N)(=O)=O)C4)C3)c12. The minimum absolute atomic E-state index is 0.0220. The van der Waals surface area contributed by atoms with Gasteiger partial charge < -0.3 is 4.90 Å². The maximum Gasteiger partial charge on any atom is 0.277 e. The van der Waals surface area contributed by atoms with E-state index in [0.717, 1.165) is 42.8 Å². The van der Waals surface area contributed by atoms with Crippen LogP contribution in [0.5, 0.6) is 0 Å². The Kier molecular flexibility index (Phi) is 4.46. The summed E-state index contributed by atoms with van der Waals surface area (Å²) >= 11 is 6.24. The number of nitrogens with two attached hydrogens (primary N) is 1. The Morgan fingerprint density at radius 2 is 2.00 bits per heavy atom. The standard InChI is InChI=1S/C18H27ClN6O2S/c1-12-5-14(19)25-15(12)16(21-11-22-25)23-9-18(10-23)6-13(7-18)24(28(20,26)27)8-17(2,3)4/h5,11,13H,6-10H2,1-4H3,(H2,20,26,27). The van der Waals surface area contributed by atoms with Crippen molar-refractivity contribution in [1.29, 1.82) is 0 Å². The van der Waals surface area contributed by atoms with E-state index in [-0.39, 0.29) is 16.9 Å². The van der Waals surface area contributed by atoms with Crippen molar-refractivity contribution < 1.29 is 8.42 Å². The Morgan fingerprint density at radius 3 is 2.57 bits per heavy atom. The first-order valence-corrected chi connectivity index (χ1v) is 11.3. The van der Waals surface area contributed by atoms with Crippen LogP contribution in [0.3, 0.4) is 0 Å². The molecule has 1 saturated carbocycles. The zero-order valence-corrected chi connectivity index (χ0v) is 18.3. The van der Waals surface area contributed by atoms with Crippen LogP contribution in [0.4, 0.5) is 5.82 Å². The van der Waals surface area contributed by atoms with Gasteiger partial charge in [0, 0.05) is 31.1 Å².